The molecule has 0 amide bonds. The lowest BCUT2D eigenvalue weighted by Crippen LogP contribution is -2.53. The third kappa shape index (κ3) is 7.45. The smallest absolute Gasteiger partial charge is 0.306 e. The van der Waals surface area contributed by atoms with Gasteiger partial charge in [0.1, 0.15) is 6.61 Å². The van der Waals surface area contributed by atoms with Crippen molar-refractivity contribution in [2.24, 2.45) is 34.5 Å². The van der Waals surface area contributed by atoms with Crippen LogP contribution in [0, 0.1) is 34.5 Å². The van der Waals surface area contributed by atoms with E-state index in [9.17, 15) is 14.4 Å². The molecule has 1 unspecified atom stereocenters. The highest BCUT2D eigenvalue weighted by atomic mass is 16.5. The average molecular weight is 609 g/mol. The van der Waals surface area contributed by atoms with Gasteiger partial charge in [-0.2, -0.15) is 0 Å². The van der Waals surface area contributed by atoms with Crippen molar-refractivity contribution >= 4 is 17.5 Å². The quantitative estimate of drug-likeness (QED) is 0.0881. The number of ether oxygens (including phenoxy) is 2. The first-order valence-electron chi connectivity index (χ1n) is 18.6. The molecule has 5 rings (SSSR count). The van der Waals surface area contributed by atoms with Gasteiger partial charge in [-0.1, -0.05) is 77.4 Å². The summed E-state index contributed by atoms with van der Waals surface area (Å²) in [6.45, 7) is 5.32. The Labute approximate surface area is 267 Å². The topological polar surface area (TPSA) is 69.7 Å². The van der Waals surface area contributed by atoms with Crippen LogP contribution >= 0.6 is 0 Å². The van der Waals surface area contributed by atoms with Crippen LogP contribution in [0.25, 0.3) is 0 Å². The maximum atomic E-state index is 13.4. The Morgan fingerprint density at radius 1 is 0.909 bits per heavy atom. The molecule has 4 aliphatic carbocycles. The third-order valence-corrected chi connectivity index (χ3v) is 12.6. The molecule has 1 aliphatic heterocycles. The number of carbonyl (C=O) groups excluding carboxylic acids is 3. The maximum Gasteiger partial charge on any atom is 0.306 e. The Morgan fingerprint density at radius 3 is 2.36 bits per heavy atom. The minimum Gasteiger partial charge on any atom is -0.458 e. The lowest BCUT2D eigenvalue weighted by atomic mass is 9.46. The molecule has 0 radical (unpaired) electrons. The molecule has 7 atom stereocenters. The van der Waals surface area contributed by atoms with Gasteiger partial charge in [-0.25, -0.2) is 0 Å². The van der Waals surface area contributed by atoms with Gasteiger partial charge in [0, 0.05) is 24.2 Å². The summed E-state index contributed by atoms with van der Waals surface area (Å²) in [6.07, 6.45) is 29.9. The van der Waals surface area contributed by atoms with Crippen LogP contribution in [0.2, 0.25) is 0 Å². The van der Waals surface area contributed by atoms with Crippen LogP contribution in [0.1, 0.15) is 149 Å². The van der Waals surface area contributed by atoms with E-state index in [2.05, 4.69) is 26.0 Å². The molecule has 0 N–H and O–H groups in total. The number of carbonyl (C=O) groups is 3. The number of unbranched alkanes of at least 4 members (excludes halogenated alkanes) is 11. The molecule has 5 heteroatoms. The molecule has 0 aromatic heterocycles. The maximum absolute atomic E-state index is 13.4. The molecule has 5 nitrogen and oxygen atoms in total. The van der Waals surface area contributed by atoms with E-state index < -0.39 is 0 Å². The zero-order chi connectivity index (χ0) is 31.0. The predicted octanol–water partition coefficient (Wildman–Crippen LogP) is 9.27. The zero-order valence-electron chi connectivity index (χ0n) is 27.9. The van der Waals surface area contributed by atoms with E-state index in [1.54, 1.807) is 0 Å². The number of fused-ring (bicyclic) bond motifs is 3. The molecule has 1 saturated heterocycles. The molecule has 1 heterocycles. The van der Waals surface area contributed by atoms with Crippen molar-refractivity contribution in [1.82, 2.24) is 0 Å². The second-order valence-corrected chi connectivity index (χ2v) is 15.3. The molecule has 4 fully saturated rings. The summed E-state index contributed by atoms with van der Waals surface area (Å²) in [4.78, 5) is 38.1. The van der Waals surface area contributed by atoms with E-state index >= 15 is 0 Å². The van der Waals surface area contributed by atoms with Gasteiger partial charge in [-0.05, 0) is 105 Å². The number of esters is 1. The molecule has 246 valence electrons. The number of ketones is 2. The molecule has 0 aromatic rings. The normalized spacial score (nSPS) is 34.0. The summed E-state index contributed by atoms with van der Waals surface area (Å²) in [6, 6.07) is 0. The molecular formula is C39H60O5. The number of hydrogen-bond acceptors (Lipinski definition) is 5. The summed E-state index contributed by atoms with van der Waals surface area (Å²) in [5, 5.41) is 0. The first-order valence-corrected chi connectivity index (χ1v) is 18.6. The van der Waals surface area contributed by atoms with Gasteiger partial charge in [0.15, 0.2) is 11.6 Å². The van der Waals surface area contributed by atoms with Crippen LogP contribution in [-0.2, 0) is 23.9 Å². The summed E-state index contributed by atoms with van der Waals surface area (Å²) in [5.74, 6) is 1.81. The van der Waals surface area contributed by atoms with Crippen LogP contribution < -0.4 is 0 Å². The lowest BCUT2D eigenvalue weighted by molar-refractivity contribution is -0.151. The monoisotopic (exact) mass is 608 g/mol. The van der Waals surface area contributed by atoms with Gasteiger partial charge in [0.05, 0.1) is 12.7 Å². The number of hydrogen-bond donors (Lipinski definition) is 0. The highest BCUT2D eigenvalue weighted by Crippen LogP contribution is 2.68. The highest BCUT2D eigenvalue weighted by molar-refractivity contribution is 5.92. The van der Waals surface area contributed by atoms with Gasteiger partial charge < -0.3 is 9.47 Å². The van der Waals surface area contributed by atoms with Gasteiger partial charge in [0.2, 0.25) is 0 Å². The molecule has 2 bridgehead atoms. The van der Waals surface area contributed by atoms with E-state index in [1.807, 2.05) is 6.08 Å². The Kier molecular flexibility index (Phi) is 12.0. The van der Waals surface area contributed by atoms with Crippen LogP contribution in [0.5, 0.6) is 0 Å². The number of Topliss-reactive ketones (excluding diaryl/α,β-unsaturated/α-hetero) is 1. The Bertz CT molecular complexity index is 1060. The first-order chi connectivity index (χ1) is 21.4. The van der Waals surface area contributed by atoms with E-state index in [1.165, 1.54) is 63.4 Å². The standard InChI is InChI=1S/C39H60O5/c1-3-4-5-6-7-8-9-10-11-12-13-14-15-16-17-18-37(42)43-27-35(41)33-20-19-31-30-26-36-34-25-29(40)21-24-39(34,28-44-36)32(30)22-23-38(31,33)2/h10-11,25,30-33,36H,3-9,12-24,26-28H2,1-2H3/b11-10-/t30-,31-,32-,33+,36?,38-,39-/m0/s1. The van der Waals surface area contributed by atoms with E-state index in [4.69, 9.17) is 9.47 Å². The van der Waals surface area contributed by atoms with Crippen molar-refractivity contribution in [3.8, 4) is 0 Å². The number of rotatable bonds is 18. The largest absolute Gasteiger partial charge is 0.458 e. The summed E-state index contributed by atoms with van der Waals surface area (Å²) >= 11 is 0. The van der Waals surface area contributed by atoms with Gasteiger partial charge in [0.25, 0.3) is 0 Å². The van der Waals surface area contributed by atoms with Gasteiger partial charge in [-0.15, -0.1) is 0 Å². The second-order valence-electron chi connectivity index (χ2n) is 15.3. The summed E-state index contributed by atoms with van der Waals surface area (Å²) < 4.78 is 11.9. The second kappa shape index (κ2) is 15.7. The summed E-state index contributed by atoms with van der Waals surface area (Å²) in [7, 11) is 0. The SMILES string of the molecule is CCCCCCCC/C=C\CCCCCCCC(=O)OCC(=O)[C@H]1CC[C@H]2[C@@H]3CC4OC[C@@]5(CCC(=O)C=C45)[C@H]3CC[C@]12C. The minimum atomic E-state index is -0.217. The van der Waals surface area contributed by atoms with Crippen molar-refractivity contribution in [2.75, 3.05) is 13.2 Å². The van der Waals surface area contributed by atoms with E-state index in [-0.39, 0.29) is 47.0 Å². The van der Waals surface area contributed by atoms with Gasteiger partial charge >= 0.3 is 5.97 Å². The fraction of sp³-hybridized carbons (Fsp3) is 0.821. The third-order valence-electron chi connectivity index (χ3n) is 12.6. The fourth-order valence-corrected chi connectivity index (χ4v) is 10.2. The van der Waals surface area contributed by atoms with Crippen molar-refractivity contribution in [3.05, 3.63) is 23.8 Å². The average Bonchev–Trinajstić information content (AvgIpc) is 3.51. The van der Waals surface area contributed by atoms with Crippen LogP contribution in [0.15, 0.2) is 23.8 Å². The van der Waals surface area contributed by atoms with Gasteiger partial charge in [-0.3, -0.25) is 14.4 Å². The molecule has 44 heavy (non-hydrogen) atoms. The summed E-state index contributed by atoms with van der Waals surface area (Å²) in [5.41, 5.74) is 1.34. The molecule has 3 saturated carbocycles. The van der Waals surface area contributed by atoms with Crippen molar-refractivity contribution in [1.29, 1.82) is 0 Å². The van der Waals surface area contributed by atoms with Crippen molar-refractivity contribution in [2.45, 2.75) is 155 Å². The van der Waals surface area contributed by atoms with Crippen molar-refractivity contribution < 1.29 is 23.9 Å². The Morgan fingerprint density at radius 2 is 1.61 bits per heavy atom. The molecule has 5 aliphatic rings. The van der Waals surface area contributed by atoms with Crippen LogP contribution in [0.3, 0.4) is 0 Å². The first kappa shape index (κ1) is 33.6. The zero-order valence-corrected chi connectivity index (χ0v) is 27.9. The lowest BCUT2D eigenvalue weighted by Gasteiger charge is -2.56. The van der Waals surface area contributed by atoms with E-state index in [0.29, 0.717) is 30.6 Å². The number of allylic oxidation sites excluding steroid dienone is 2. The highest BCUT2D eigenvalue weighted by Gasteiger charge is 2.65. The molecular weight excluding hydrogens is 548 g/mol. The molecule has 0 spiro atoms. The fourth-order valence-electron chi connectivity index (χ4n) is 10.2. The van der Waals surface area contributed by atoms with Crippen LogP contribution in [-0.4, -0.2) is 36.9 Å². The molecule has 0 aromatic carbocycles. The Balaban J connectivity index is 0.955. The predicted molar refractivity (Wildman–Crippen MR) is 175 cm³/mol. The Hall–Kier alpha value is -1.75. The van der Waals surface area contributed by atoms with Crippen LogP contribution in [0.4, 0.5) is 0 Å². The van der Waals surface area contributed by atoms with E-state index in [0.717, 1.165) is 70.8 Å². The van der Waals surface area contributed by atoms with Crippen molar-refractivity contribution in [3.63, 3.8) is 0 Å². The minimum absolute atomic E-state index is 0.0120.